The molecule has 2 fully saturated rings. The summed E-state index contributed by atoms with van der Waals surface area (Å²) in [6.45, 7) is 5.63. The Morgan fingerprint density at radius 1 is 1.53 bits per heavy atom. The Morgan fingerprint density at radius 3 is 3.00 bits per heavy atom. The van der Waals surface area contributed by atoms with E-state index >= 15 is 0 Å². The molecular formula is C12H23ClN2O2. The van der Waals surface area contributed by atoms with Crippen molar-refractivity contribution in [3.05, 3.63) is 0 Å². The summed E-state index contributed by atoms with van der Waals surface area (Å²) in [5.41, 5.74) is 0. The Balaban J connectivity index is 0.00000144. The fourth-order valence-electron chi connectivity index (χ4n) is 2.47. The summed E-state index contributed by atoms with van der Waals surface area (Å²) >= 11 is 0. The molecule has 1 N–H and O–H groups in total. The highest BCUT2D eigenvalue weighted by Crippen LogP contribution is 2.17. The van der Waals surface area contributed by atoms with Crippen molar-refractivity contribution in [1.29, 1.82) is 0 Å². The predicted molar refractivity (Wildman–Crippen MR) is 69.5 cm³/mol. The molecule has 2 heterocycles. The van der Waals surface area contributed by atoms with Crippen LogP contribution < -0.4 is 5.32 Å². The molecule has 100 valence electrons. The van der Waals surface area contributed by atoms with Crippen molar-refractivity contribution < 1.29 is 9.53 Å². The van der Waals surface area contributed by atoms with E-state index in [4.69, 9.17) is 4.74 Å². The second-order valence-corrected chi connectivity index (χ2v) is 4.87. The number of carbonyl (C=O) groups excluding carboxylic acids is 1. The summed E-state index contributed by atoms with van der Waals surface area (Å²) in [6.07, 6.45) is 4.17. The largest absolute Gasteiger partial charge is 0.378 e. The first-order chi connectivity index (χ1) is 7.75. The first-order valence-corrected chi connectivity index (χ1v) is 6.38. The van der Waals surface area contributed by atoms with Gasteiger partial charge in [0.05, 0.1) is 6.10 Å². The fourth-order valence-corrected chi connectivity index (χ4v) is 2.47. The highest BCUT2D eigenvalue weighted by atomic mass is 35.5. The van der Waals surface area contributed by atoms with Crippen molar-refractivity contribution in [2.75, 3.05) is 26.2 Å². The fraction of sp³-hybridized carbons (Fsp3) is 0.917. The van der Waals surface area contributed by atoms with Crippen LogP contribution in [0.5, 0.6) is 0 Å². The zero-order valence-corrected chi connectivity index (χ0v) is 11.3. The van der Waals surface area contributed by atoms with Gasteiger partial charge in [0.2, 0.25) is 5.91 Å². The molecule has 0 aromatic rings. The Morgan fingerprint density at radius 2 is 2.35 bits per heavy atom. The summed E-state index contributed by atoms with van der Waals surface area (Å²) in [5.74, 6) is 0.295. The van der Waals surface area contributed by atoms with Crippen molar-refractivity contribution in [2.45, 2.75) is 44.8 Å². The smallest absolute Gasteiger partial charge is 0.222 e. The third kappa shape index (κ3) is 4.45. The van der Waals surface area contributed by atoms with Crippen LogP contribution in [0, 0.1) is 0 Å². The van der Waals surface area contributed by atoms with Gasteiger partial charge in [-0.3, -0.25) is 4.79 Å². The molecule has 5 heteroatoms. The van der Waals surface area contributed by atoms with E-state index in [0.717, 1.165) is 45.5 Å². The first-order valence-electron chi connectivity index (χ1n) is 6.38. The van der Waals surface area contributed by atoms with E-state index in [9.17, 15) is 4.79 Å². The lowest BCUT2D eigenvalue weighted by Crippen LogP contribution is -2.51. The molecule has 1 amide bonds. The molecule has 1 unspecified atom stereocenters. The number of hydrogen-bond donors (Lipinski definition) is 1. The predicted octanol–water partition coefficient (Wildman–Crippen LogP) is 1.19. The summed E-state index contributed by atoms with van der Waals surface area (Å²) in [6, 6.07) is 0.431. The van der Waals surface area contributed by atoms with Gasteiger partial charge in [-0.05, 0) is 26.2 Å². The molecule has 2 atom stereocenters. The molecule has 2 rings (SSSR count). The van der Waals surface area contributed by atoms with Gasteiger partial charge in [-0.25, -0.2) is 0 Å². The van der Waals surface area contributed by atoms with Crippen LogP contribution in [0.15, 0.2) is 0 Å². The Hall–Kier alpha value is -0.320. The van der Waals surface area contributed by atoms with E-state index in [1.165, 1.54) is 0 Å². The van der Waals surface area contributed by atoms with Crippen LogP contribution in [0.2, 0.25) is 0 Å². The molecule has 4 nitrogen and oxygen atoms in total. The summed E-state index contributed by atoms with van der Waals surface area (Å²) in [5, 5.41) is 3.35. The number of rotatable bonds is 3. The topological polar surface area (TPSA) is 41.6 Å². The third-order valence-electron chi connectivity index (χ3n) is 3.43. The second-order valence-electron chi connectivity index (χ2n) is 4.87. The molecule has 2 aliphatic heterocycles. The molecule has 0 aromatic carbocycles. The second kappa shape index (κ2) is 7.19. The normalized spacial score (nSPS) is 28.9. The van der Waals surface area contributed by atoms with Crippen molar-refractivity contribution in [3.63, 3.8) is 0 Å². The van der Waals surface area contributed by atoms with E-state index in [2.05, 4.69) is 12.2 Å². The average molecular weight is 263 g/mol. The van der Waals surface area contributed by atoms with E-state index in [1.807, 2.05) is 4.90 Å². The number of carbonyl (C=O) groups is 1. The van der Waals surface area contributed by atoms with Gasteiger partial charge >= 0.3 is 0 Å². The average Bonchev–Trinajstić information content (AvgIpc) is 2.78. The lowest BCUT2D eigenvalue weighted by atomic mass is 10.1. The van der Waals surface area contributed by atoms with E-state index in [0.29, 0.717) is 24.5 Å². The number of nitrogens with zero attached hydrogens (tertiary/aromatic N) is 1. The maximum atomic E-state index is 11.9. The lowest BCUT2D eigenvalue weighted by Gasteiger charge is -2.32. The van der Waals surface area contributed by atoms with Gasteiger partial charge in [0.25, 0.3) is 0 Å². The zero-order valence-electron chi connectivity index (χ0n) is 10.5. The minimum Gasteiger partial charge on any atom is -0.378 e. The highest BCUT2D eigenvalue weighted by molar-refractivity contribution is 5.85. The van der Waals surface area contributed by atoms with Crippen molar-refractivity contribution in [1.82, 2.24) is 10.2 Å². The number of ether oxygens (including phenoxy) is 1. The van der Waals surface area contributed by atoms with Crippen molar-refractivity contribution in [3.8, 4) is 0 Å². The molecule has 0 saturated carbocycles. The van der Waals surface area contributed by atoms with E-state index in [1.54, 1.807) is 0 Å². The molecule has 17 heavy (non-hydrogen) atoms. The molecule has 0 radical (unpaired) electrons. The van der Waals surface area contributed by atoms with Crippen LogP contribution in [0.3, 0.4) is 0 Å². The van der Waals surface area contributed by atoms with Gasteiger partial charge in [-0.1, -0.05) is 0 Å². The first kappa shape index (κ1) is 14.7. The maximum absolute atomic E-state index is 11.9. The quantitative estimate of drug-likeness (QED) is 0.831. The summed E-state index contributed by atoms with van der Waals surface area (Å²) in [4.78, 5) is 13.9. The minimum atomic E-state index is 0. The van der Waals surface area contributed by atoms with Gasteiger partial charge < -0.3 is 15.0 Å². The SMILES string of the molecule is C[C@H]1CN(C(=O)CCC2CCCO2)CCN1.Cl. The molecule has 0 bridgehead atoms. The minimum absolute atomic E-state index is 0. The van der Waals surface area contributed by atoms with Gasteiger partial charge in [0, 0.05) is 38.7 Å². The number of halogens is 1. The van der Waals surface area contributed by atoms with Crippen molar-refractivity contribution in [2.24, 2.45) is 0 Å². The number of piperazine rings is 1. The number of nitrogens with one attached hydrogen (secondary N) is 1. The van der Waals surface area contributed by atoms with Gasteiger partial charge in [0.1, 0.15) is 0 Å². The maximum Gasteiger partial charge on any atom is 0.222 e. The zero-order chi connectivity index (χ0) is 11.4. The van der Waals surface area contributed by atoms with E-state index in [-0.39, 0.29) is 12.4 Å². The van der Waals surface area contributed by atoms with E-state index < -0.39 is 0 Å². The lowest BCUT2D eigenvalue weighted by molar-refractivity contribution is -0.132. The van der Waals surface area contributed by atoms with Crippen LogP contribution in [-0.2, 0) is 9.53 Å². The molecule has 0 aliphatic carbocycles. The Kier molecular flexibility index (Phi) is 6.23. The van der Waals surface area contributed by atoms with Crippen LogP contribution in [0.4, 0.5) is 0 Å². The molecule has 0 spiro atoms. The van der Waals surface area contributed by atoms with Gasteiger partial charge in [-0.15, -0.1) is 12.4 Å². The van der Waals surface area contributed by atoms with Crippen LogP contribution in [0.25, 0.3) is 0 Å². The summed E-state index contributed by atoms with van der Waals surface area (Å²) in [7, 11) is 0. The van der Waals surface area contributed by atoms with Crippen LogP contribution in [-0.4, -0.2) is 49.2 Å². The Labute approximate surface area is 109 Å². The Bertz CT molecular complexity index is 245. The molecule has 0 aromatic heterocycles. The molecule has 2 aliphatic rings. The molecule has 2 saturated heterocycles. The van der Waals surface area contributed by atoms with Crippen LogP contribution >= 0.6 is 12.4 Å². The number of hydrogen-bond acceptors (Lipinski definition) is 3. The van der Waals surface area contributed by atoms with Crippen molar-refractivity contribution >= 4 is 18.3 Å². The monoisotopic (exact) mass is 262 g/mol. The standard InChI is InChI=1S/C12H22N2O2.ClH/c1-10-9-14(7-6-13-10)12(15)5-4-11-3-2-8-16-11;/h10-11,13H,2-9H2,1H3;1H/t10-,11?;/m0./s1. The highest BCUT2D eigenvalue weighted by Gasteiger charge is 2.22. The van der Waals surface area contributed by atoms with Crippen LogP contribution in [0.1, 0.15) is 32.6 Å². The third-order valence-corrected chi connectivity index (χ3v) is 3.43. The van der Waals surface area contributed by atoms with Gasteiger partial charge in [-0.2, -0.15) is 0 Å². The summed E-state index contributed by atoms with van der Waals surface area (Å²) < 4.78 is 5.53. The van der Waals surface area contributed by atoms with Gasteiger partial charge in [0.15, 0.2) is 0 Å². The number of amides is 1. The molecular weight excluding hydrogens is 240 g/mol.